The normalized spacial score (nSPS) is 11.9. The molecule has 0 radical (unpaired) electrons. The Morgan fingerprint density at radius 2 is 1.57 bits per heavy atom. The van der Waals surface area contributed by atoms with E-state index < -0.39 is 33.4 Å². The molecule has 0 aromatic heterocycles. The zero-order valence-electron chi connectivity index (χ0n) is 22.8. The number of amides is 2. The molecule has 3 rings (SSSR count). The summed E-state index contributed by atoms with van der Waals surface area (Å²) in [6, 6.07) is 19.2. The monoisotopic (exact) mass is 566 g/mol. The van der Waals surface area contributed by atoms with Gasteiger partial charge in [-0.25, -0.2) is 8.42 Å². The van der Waals surface area contributed by atoms with Gasteiger partial charge in [0.2, 0.25) is 11.8 Å². The predicted octanol–water partition coefficient (Wildman–Crippen LogP) is 4.43. The van der Waals surface area contributed by atoms with Crippen molar-refractivity contribution in [3.05, 3.63) is 100 Å². The van der Waals surface area contributed by atoms with Crippen LogP contribution in [0.1, 0.15) is 37.8 Å². The first-order chi connectivity index (χ1) is 19.1. The van der Waals surface area contributed by atoms with E-state index in [1.807, 2.05) is 38.1 Å². The van der Waals surface area contributed by atoms with Crippen molar-refractivity contribution in [3.63, 3.8) is 0 Å². The number of carbonyl (C=O) groups excluding carboxylic acids is 2. The van der Waals surface area contributed by atoms with Crippen LogP contribution in [0.5, 0.6) is 0 Å². The van der Waals surface area contributed by atoms with Crippen LogP contribution in [0.25, 0.3) is 0 Å². The molecule has 212 valence electrons. The van der Waals surface area contributed by atoms with Gasteiger partial charge in [0.1, 0.15) is 12.6 Å². The van der Waals surface area contributed by atoms with E-state index in [2.05, 4.69) is 5.32 Å². The van der Waals surface area contributed by atoms with E-state index in [1.165, 1.54) is 41.3 Å². The number of rotatable bonds is 13. The first kappa shape index (κ1) is 30.3. The predicted molar refractivity (Wildman–Crippen MR) is 153 cm³/mol. The second-order valence-corrected chi connectivity index (χ2v) is 11.1. The van der Waals surface area contributed by atoms with E-state index in [1.54, 1.807) is 25.1 Å². The summed E-state index contributed by atoms with van der Waals surface area (Å²) >= 11 is 0. The van der Waals surface area contributed by atoms with Crippen molar-refractivity contribution in [3.8, 4) is 0 Å². The number of nitro benzene ring substituents is 1. The van der Waals surface area contributed by atoms with Gasteiger partial charge in [-0.3, -0.25) is 24.0 Å². The van der Waals surface area contributed by atoms with E-state index in [-0.39, 0.29) is 28.7 Å². The molecular formula is C29H34N4O6S. The molecule has 0 bridgehead atoms. The summed E-state index contributed by atoms with van der Waals surface area (Å²) < 4.78 is 28.5. The van der Waals surface area contributed by atoms with Crippen molar-refractivity contribution in [1.29, 1.82) is 0 Å². The SMILES string of the molecule is CCCNC(=O)C(CC)N(Cc1ccccc1C)C(=O)CN(c1ccc([N+](=O)[O-])cc1)S(=O)(=O)c1ccccc1. The lowest BCUT2D eigenvalue weighted by Crippen LogP contribution is -2.52. The number of hydrogen-bond donors (Lipinski definition) is 1. The molecule has 0 aliphatic heterocycles. The largest absolute Gasteiger partial charge is 0.354 e. The van der Waals surface area contributed by atoms with Crippen molar-refractivity contribution < 1.29 is 22.9 Å². The fourth-order valence-electron chi connectivity index (χ4n) is 4.25. The third-order valence-electron chi connectivity index (χ3n) is 6.50. The molecule has 1 atom stereocenters. The average Bonchev–Trinajstić information content (AvgIpc) is 2.96. The molecular weight excluding hydrogens is 532 g/mol. The maximum atomic E-state index is 14.0. The third kappa shape index (κ3) is 7.23. The van der Waals surface area contributed by atoms with E-state index in [9.17, 15) is 28.1 Å². The van der Waals surface area contributed by atoms with E-state index in [0.717, 1.165) is 21.9 Å². The van der Waals surface area contributed by atoms with Gasteiger partial charge in [-0.2, -0.15) is 0 Å². The quantitative estimate of drug-likeness (QED) is 0.241. The molecule has 10 nitrogen and oxygen atoms in total. The van der Waals surface area contributed by atoms with Gasteiger partial charge in [-0.15, -0.1) is 0 Å². The van der Waals surface area contributed by atoms with Gasteiger partial charge in [0, 0.05) is 25.2 Å². The van der Waals surface area contributed by atoms with Crippen LogP contribution < -0.4 is 9.62 Å². The highest BCUT2D eigenvalue weighted by molar-refractivity contribution is 7.92. The van der Waals surface area contributed by atoms with Crippen LogP contribution in [0.3, 0.4) is 0 Å². The second-order valence-electron chi connectivity index (χ2n) is 9.26. The number of nitrogens with one attached hydrogen (secondary N) is 1. The molecule has 0 aliphatic carbocycles. The highest BCUT2D eigenvalue weighted by Crippen LogP contribution is 2.27. The summed E-state index contributed by atoms with van der Waals surface area (Å²) in [5.41, 5.74) is 1.62. The lowest BCUT2D eigenvalue weighted by molar-refractivity contribution is -0.384. The molecule has 0 saturated heterocycles. The van der Waals surface area contributed by atoms with Crippen molar-refractivity contribution in [2.45, 2.75) is 51.1 Å². The fraction of sp³-hybridized carbons (Fsp3) is 0.310. The number of anilines is 1. The van der Waals surface area contributed by atoms with Crippen molar-refractivity contribution >= 4 is 33.2 Å². The van der Waals surface area contributed by atoms with Crippen molar-refractivity contribution in [2.24, 2.45) is 0 Å². The van der Waals surface area contributed by atoms with Crippen LogP contribution >= 0.6 is 0 Å². The second kappa shape index (κ2) is 13.7. The Hall–Kier alpha value is -4.25. The average molecular weight is 567 g/mol. The number of nitro groups is 1. The van der Waals surface area contributed by atoms with Crippen LogP contribution in [0.4, 0.5) is 11.4 Å². The molecule has 2 amide bonds. The summed E-state index contributed by atoms with van der Waals surface area (Å²) in [6.45, 7) is 5.55. The van der Waals surface area contributed by atoms with Gasteiger partial charge in [-0.05, 0) is 55.2 Å². The highest BCUT2D eigenvalue weighted by Gasteiger charge is 2.33. The summed E-state index contributed by atoms with van der Waals surface area (Å²) in [5, 5.41) is 14.0. The topological polar surface area (TPSA) is 130 Å². The van der Waals surface area contributed by atoms with Gasteiger partial charge in [0.25, 0.3) is 15.7 Å². The van der Waals surface area contributed by atoms with Gasteiger partial charge in [-0.1, -0.05) is 56.3 Å². The number of nitrogens with zero attached hydrogens (tertiary/aromatic N) is 3. The summed E-state index contributed by atoms with van der Waals surface area (Å²) in [5.74, 6) is -0.904. The lowest BCUT2D eigenvalue weighted by Gasteiger charge is -2.33. The van der Waals surface area contributed by atoms with Crippen LogP contribution in [0.2, 0.25) is 0 Å². The van der Waals surface area contributed by atoms with E-state index in [0.29, 0.717) is 13.0 Å². The third-order valence-corrected chi connectivity index (χ3v) is 8.28. The first-order valence-electron chi connectivity index (χ1n) is 13.0. The number of sulfonamides is 1. The molecule has 11 heteroatoms. The molecule has 0 spiro atoms. The van der Waals surface area contributed by atoms with Gasteiger partial charge in [0.15, 0.2) is 0 Å². The lowest BCUT2D eigenvalue weighted by atomic mass is 10.1. The molecule has 0 heterocycles. The minimum Gasteiger partial charge on any atom is -0.354 e. The summed E-state index contributed by atoms with van der Waals surface area (Å²) in [7, 11) is -4.25. The van der Waals surface area contributed by atoms with Gasteiger partial charge >= 0.3 is 0 Å². The van der Waals surface area contributed by atoms with Gasteiger partial charge in [0.05, 0.1) is 15.5 Å². The molecule has 3 aromatic rings. The molecule has 3 aromatic carbocycles. The zero-order chi connectivity index (χ0) is 29.3. The molecule has 0 aliphatic rings. The van der Waals surface area contributed by atoms with Crippen molar-refractivity contribution in [1.82, 2.24) is 10.2 Å². The van der Waals surface area contributed by atoms with E-state index >= 15 is 0 Å². The minimum absolute atomic E-state index is 0.0423. The number of hydrogen-bond acceptors (Lipinski definition) is 6. The Balaban J connectivity index is 2.07. The highest BCUT2D eigenvalue weighted by atomic mass is 32.2. The number of carbonyl (C=O) groups is 2. The summed E-state index contributed by atoms with van der Waals surface area (Å²) in [6.07, 6.45) is 1.04. The molecule has 0 saturated carbocycles. The minimum atomic E-state index is -4.25. The Labute approximate surface area is 234 Å². The zero-order valence-corrected chi connectivity index (χ0v) is 23.6. The van der Waals surface area contributed by atoms with Crippen LogP contribution in [-0.2, 0) is 26.2 Å². The Bertz CT molecular complexity index is 1430. The molecule has 40 heavy (non-hydrogen) atoms. The van der Waals surface area contributed by atoms with Gasteiger partial charge < -0.3 is 10.2 Å². The maximum Gasteiger partial charge on any atom is 0.269 e. The Kier molecular flexibility index (Phi) is 10.4. The number of aryl methyl sites for hydroxylation is 1. The maximum absolute atomic E-state index is 14.0. The number of non-ortho nitro benzene ring substituents is 1. The molecule has 1 unspecified atom stereocenters. The first-order valence-corrected chi connectivity index (χ1v) is 14.5. The van der Waals surface area contributed by atoms with Crippen LogP contribution in [0, 0.1) is 17.0 Å². The number of benzene rings is 3. The van der Waals surface area contributed by atoms with Crippen molar-refractivity contribution in [2.75, 3.05) is 17.4 Å². The standard InChI is InChI=1S/C29H34N4O6S/c1-4-19-30-29(35)27(5-2)31(20-23-12-10-9-11-22(23)3)28(34)21-32(24-15-17-25(18-16-24)33(36)37)40(38,39)26-13-7-6-8-14-26/h6-18,27H,4-5,19-21H2,1-3H3,(H,30,35). The smallest absolute Gasteiger partial charge is 0.269 e. The molecule has 0 fully saturated rings. The fourth-order valence-corrected chi connectivity index (χ4v) is 5.68. The van der Waals surface area contributed by atoms with Crippen LogP contribution in [-0.4, -0.2) is 49.2 Å². The Morgan fingerprint density at radius 3 is 2.15 bits per heavy atom. The Morgan fingerprint density at radius 1 is 0.950 bits per heavy atom. The van der Waals surface area contributed by atoms with Crippen LogP contribution in [0.15, 0.2) is 83.8 Å². The van der Waals surface area contributed by atoms with E-state index in [4.69, 9.17) is 0 Å². The summed E-state index contributed by atoms with van der Waals surface area (Å²) in [4.78, 5) is 39.1. The molecule has 1 N–H and O–H groups in total.